The molecule has 0 atom stereocenters. The third-order valence-electron chi connectivity index (χ3n) is 2.36. The summed E-state index contributed by atoms with van der Waals surface area (Å²) in [5, 5.41) is 2.91. The number of carbonyl (C=O) groups excluding carboxylic acids is 1. The van der Waals surface area contributed by atoms with Crippen molar-refractivity contribution in [2.45, 2.75) is 21.3 Å². The average Bonchev–Trinajstić information content (AvgIpc) is 2.19. The summed E-state index contributed by atoms with van der Waals surface area (Å²) < 4.78 is 5.24. The van der Waals surface area contributed by atoms with Crippen LogP contribution in [0.25, 0.3) is 0 Å². The number of rotatable bonds is 4. The number of hydrogen-bond acceptors (Lipinski definition) is 3. The zero-order chi connectivity index (χ0) is 10.4. The molecule has 0 aromatic rings. The van der Waals surface area contributed by atoms with Crippen molar-refractivity contribution in [2.75, 3.05) is 39.4 Å². The number of nitrogens with zero attached hydrogens (tertiary/aromatic N) is 1. The highest BCUT2D eigenvalue weighted by molar-refractivity contribution is 5.77. The summed E-state index contributed by atoms with van der Waals surface area (Å²) in [5.74, 6) is 0.220. The van der Waals surface area contributed by atoms with Crippen molar-refractivity contribution in [2.24, 2.45) is 5.92 Å². The molecule has 1 aliphatic rings. The van der Waals surface area contributed by atoms with Crippen LogP contribution in [0.15, 0.2) is 0 Å². The molecule has 0 bridgehead atoms. The lowest BCUT2D eigenvalue weighted by Crippen LogP contribution is -2.42. The number of ether oxygens (including phenoxy) is 1. The second-order valence-corrected chi connectivity index (χ2v) is 3.90. The van der Waals surface area contributed by atoms with Gasteiger partial charge in [0.05, 0.1) is 13.2 Å². The van der Waals surface area contributed by atoms with Crippen molar-refractivity contribution < 1.29 is 9.53 Å². The average molecular weight is 216 g/mol. The van der Waals surface area contributed by atoms with Crippen LogP contribution in [0.2, 0.25) is 0 Å². The Hall–Kier alpha value is -0.610. The van der Waals surface area contributed by atoms with Gasteiger partial charge in [-0.25, -0.2) is 0 Å². The van der Waals surface area contributed by atoms with Gasteiger partial charge in [-0.15, -0.1) is 0 Å². The molecule has 1 amide bonds. The lowest BCUT2D eigenvalue weighted by molar-refractivity contribution is -0.124. The number of morpholine rings is 1. The first kappa shape index (κ1) is 14.4. The van der Waals surface area contributed by atoms with Crippen LogP contribution in [0.5, 0.6) is 0 Å². The van der Waals surface area contributed by atoms with Crippen molar-refractivity contribution in [3.05, 3.63) is 0 Å². The van der Waals surface area contributed by atoms with Crippen molar-refractivity contribution in [3.8, 4) is 0 Å². The smallest absolute Gasteiger partial charge is 0.222 e. The minimum absolute atomic E-state index is 0. The third-order valence-corrected chi connectivity index (χ3v) is 2.36. The van der Waals surface area contributed by atoms with Crippen molar-refractivity contribution in [1.29, 1.82) is 0 Å². The van der Waals surface area contributed by atoms with Crippen LogP contribution in [-0.4, -0.2) is 50.2 Å². The van der Waals surface area contributed by atoms with Gasteiger partial charge >= 0.3 is 0 Å². The maximum absolute atomic E-state index is 11.2. The van der Waals surface area contributed by atoms with Crippen LogP contribution < -0.4 is 5.32 Å². The molecule has 0 radical (unpaired) electrons. The predicted molar refractivity (Wildman–Crippen MR) is 61.8 cm³/mol. The van der Waals surface area contributed by atoms with E-state index in [9.17, 15) is 4.79 Å². The van der Waals surface area contributed by atoms with E-state index < -0.39 is 0 Å². The first-order chi connectivity index (χ1) is 6.70. The molecule has 0 aromatic carbocycles. The molecule has 4 heteroatoms. The maximum Gasteiger partial charge on any atom is 0.222 e. The first-order valence-electron chi connectivity index (χ1n) is 5.28. The molecule has 1 saturated heterocycles. The van der Waals surface area contributed by atoms with Gasteiger partial charge in [0.1, 0.15) is 0 Å². The number of carbonyl (C=O) groups is 1. The van der Waals surface area contributed by atoms with Crippen LogP contribution in [0.1, 0.15) is 21.3 Å². The molecule has 90 valence electrons. The highest BCUT2D eigenvalue weighted by Gasteiger charge is 2.10. The van der Waals surface area contributed by atoms with Crippen LogP contribution >= 0.6 is 0 Å². The molecule has 4 nitrogen and oxygen atoms in total. The van der Waals surface area contributed by atoms with Gasteiger partial charge in [0.2, 0.25) is 5.91 Å². The first-order valence-corrected chi connectivity index (χ1v) is 5.28. The quantitative estimate of drug-likeness (QED) is 0.753. The minimum Gasteiger partial charge on any atom is -0.379 e. The largest absolute Gasteiger partial charge is 0.379 e. The lowest BCUT2D eigenvalue weighted by atomic mass is 10.2. The molecule has 1 aliphatic heterocycles. The third kappa shape index (κ3) is 5.74. The van der Waals surface area contributed by atoms with Gasteiger partial charge in [0.15, 0.2) is 0 Å². The van der Waals surface area contributed by atoms with E-state index >= 15 is 0 Å². The fraction of sp³-hybridized carbons (Fsp3) is 0.909. The SMILES string of the molecule is C.CC(C)C(=O)NCCN1CCOCC1. The normalized spacial score (nSPS) is 17.3. The van der Waals surface area contributed by atoms with Crippen LogP contribution in [0, 0.1) is 5.92 Å². The zero-order valence-electron chi connectivity index (χ0n) is 9.08. The summed E-state index contributed by atoms with van der Waals surface area (Å²) in [7, 11) is 0. The fourth-order valence-electron chi connectivity index (χ4n) is 1.37. The second-order valence-electron chi connectivity index (χ2n) is 3.90. The summed E-state index contributed by atoms with van der Waals surface area (Å²) in [6.07, 6.45) is 0. The zero-order valence-corrected chi connectivity index (χ0v) is 9.08. The summed E-state index contributed by atoms with van der Waals surface area (Å²) >= 11 is 0. The molecular weight excluding hydrogens is 192 g/mol. The summed E-state index contributed by atoms with van der Waals surface area (Å²) in [5.41, 5.74) is 0. The Labute approximate surface area is 93.0 Å². The van der Waals surface area contributed by atoms with Crippen molar-refractivity contribution in [1.82, 2.24) is 10.2 Å². The van der Waals surface area contributed by atoms with Gasteiger partial charge in [-0.2, -0.15) is 0 Å². The Morgan fingerprint density at radius 3 is 2.53 bits per heavy atom. The molecule has 0 aromatic heterocycles. The van der Waals surface area contributed by atoms with E-state index in [4.69, 9.17) is 4.74 Å². The topological polar surface area (TPSA) is 41.6 Å². The molecule has 0 saturated carbocycles. The molecule has 0 aliphatic carbocycles. The summed E-state index contributed by atoms with van der Waals surface area (Å²) in [6.45, 7) is 9.10. The monoisotopic (exact) mass is 216 g/mol. The van der Waals surface area contributed by atoms with Crippen molar-refractivity contribution in [3.63, 3.8) is 0 Å². The van der Waals surface area contributed by atoms with E-state index in [1.54, 1.807) is 0 Å². The van der Waals surface area contributed by atoms with E-state index in [-0.39, 0.29) is 19.3 Å². The van der Waals surface area contributed by atoms with Gasteiger partial charge < -0.3 is 10.1 Å². The maximum atomic E-state index is 11.2. The van der Waals surface area contributed by atoms with Crippen LogP contribution in [-0.2, 0) is 9.53 Å². The van der Waals surface area contributed by atoms with Gasteiger partial charge in [-0.1, -0.05) is 21.3 Å². The number of amides is 1. The minimum atomic E-state index is 0. The van der Waals surface area contributed by atoms with Crippen molar-refractivity contribution >= 4 is 5.91 Å². The molecule has 1 N–H and O–H groups in total. The van der Waals surface area contributed by atoms with Crippen LogP contribution in [0.4, 0.5) is 0 Å². The van der Waals surface area contributed by atoms with Gasteiger partial charge in [-0.3, -0.25) is 9.69 Å². The molecule has 0 spiro atoms. The second kappa shape index (κ2) is 7.65. The molecule has 1 fully saturated rings. The van der Waals surface area contributed by atoms with Gasteiger partial charge in [0, 0.05) is 32.1 Å². The molecule has 1 rings (SSSR count). The lowest BCUT2D eigenvalue weighted by Gasteiger charge is -2.26. The molecule has 15 heavy (non-hydrogen) atoms. The van der Waals surface area contributed by atoms with E-state index in [0.29, 0.717) is 0 Å². The van der Waals surface area contributed by atoms with Gasteiger partial charge in [-0.05, 0) is 0 Å². The van der Waals surface area contributed by atoms with Crippen LogP contribution in [0.3, 0.4) is 0 Å². The van der Waals surface area contributed by atoms with Gasteiger partial charge in [0.25, 0.3) is 0 Å². The molecular formula is C11H24N2O2. The number of nitrogens with one attached hydrogen (secondary N) is 1. The highest BCUT2D eigenvalue weighted by atomic mass is 16.5. The highest BCUT2D eigenvalue weighted by Crippen LogP contribution is 1.95. The number of hydrogen-bond donors (Lipinski definition) is 1. The predicted octanol–water partition coefficient (Wildman–Crippen LogP) is 0.727. The summed E-state index contributed by atoms with van der Waals surface area (Å²) in [4.78, 5) is 13.5. The molecule has 0 unspecified atom stereocenters. The van der Waals surface area contributed by atoms with E-state index in [1.165, 1.54) is 0 Å². The Balaban J connectivity index is 0.00000196. The fourth-order valence-corrected chi connectivity index (χ4v) is 1.37. The Morgan fingerprint density at radius 2 is 2.00 bits per heavy atom. The Bertz CT molecular complexity index is 177. The van der Waals surface area contributed by atoms with E-state index in [0.717, 1.165) is 39.4 Å². The van der Waals surface area contributed by atoms with E-state index in [2.05, 4.69) is 10.2 Å². The molecule has 1 heterocycles. The Morgan fingerprint density at radius 1 is 1.40 bits per heavy atom. The summed E-state index contributed by atoms with van der Waals surface area (Å²) in [6, 6.07) is 0. The Kier molecular flexibility index (Phi) is 7.34. The standard InChI is InChI=1S/C10H20N2O2.CH4/c1-9(2)10(13)11-3-4-12-5-7-14-8-6-12;/h9H,3-8H2,1-2H3,(H,11,13);1H4. The van der Waals surface area contributed by atoms with E-state index in [1.807, 2.05) is 13.8 Å².